The van der Waals surface area contributed by atoms with Gasteiger partial charge in [-0.3, -0.25) is 9.69 Å². The van der Waals surface area contributed by atoms with Crippen LogP contribution in [0.2, 0.25) is 0 Å². The normalized spacial score (nSPS) is 15.1. The number of carboxylic acids is 1. The zero-order valence-corrected chi connectivity index (χ0v) is 7.88. The summed E-state index contributed by atoms with van der Waals surface area (Å²) in [5.41, 5.74) is -0.213. The molecule has 0 radical (unpaired) electrons. The minimum absolute atomic E-state index is 0.213. The molecule has 0 bridgehead atoms. The molecule has 0 aromatic rings. The van der Waals surface area contributed by atoms with Gasteiger partial charge in [-0.15, -0.1) is 0 Å². The Kier molecular flexibility index (Phi) is 3.05. The van der Waals surface area contributed by atoms with Crippen LogP contribution < -0.4 is 0 Å². The SMILES string of the molecule is CN(C)[C@@H](C(=O)O)C(C)(C)C. The van der Waals surface area contributed by atoms with Gasteiger partial charge in [0.25, 0.3) is 0 Å². The Bertz CT molecular complexity index is 147. The van der Waals surface area contributed by atoms with Crippen LogP contribution in [-0.4, -0.2) is 36.1 Å². The van der Waals surface area contributed by atoms with Gasteiger partial charge in [0.15, 0.2) is 0 Å². The Morgan fingerprint density at radius 3 is 1.73 bits per heavy atom. The highest BCUT2D eigenvalue weighted by molar-refractivity contribution is 5.74. The molecular formula is C8H17NO2. The molecule has 1 atom stereocenters. The van der Waals surface area contributed by atoms with Gasteiger partial charge in [-0.1, -0.05) is 20.8 Å². The molecule has 1 N–H and O–H groups in total. The summed E-state index contributed by atoms with van der Waals surface area (Å²) in [7, 11) is 3.56. The summed E-state index contributed by atoms with van der Waals surface area (Å²) >= 11 is 0. The molecule has 0 aromatic carbocycles. The second-order valence-corrected chi connectivity index (χ2v) is 4.07. The van der Waals surface area contributed by atoms with Gasteiger partial charge >= 0.3 is 5.97 Å². The number of hydrogen-bond donors (Lipinski definition) is 1. The van der Waals surface area contributed by atoms with Crippen LogP contribution in [0, 0.1) is 5.41 Å². The predicted octanol–water partition coefficient (Wildman–Crippen LogP) is 1.05. The third kappa shape index (κ3) is 2.89. The summed E-state index contributed by atoms with van der Waals surface area (Å²) in [6, 6.07) is -0.414. The number of aliphatic carboxylic acids is 1. The van der Waals surface area contributed by atoms with E-state index in [0.717, 1.165) is 0 Å². The molecule has 0 aliphatic rings. The summed E-state index contributed by atoms with van der Waals surface area (Å²) in [4.78, 5) is 12.5. The lowest BCUT2D eigenvalue weighted by atomic mass is 9.86. The van der Waals surface area contributed by atoms with E-state index in [4.69, 9.17) is 5.11 Å². The van der Waals surface area contributed by atoms with Crippen molar-refractivity contribution in [2.45, 2.75) is 26.8 Å². The molecule has 3 heteroatoms. The summed E-state index contributed by atoms with van der Waals surface area (Å²) in [6.07, 6.45) is 0. The average molecular weight is 159 g/mol. The minimum Gasteiger partial charge on any atom is -0.480 e. The molecular weight excluding hydrogens is 142 g/mol. The van der Waals surface area contributed by atoms with Crippen LogP contribution in [0.4, 0.5) is 0 Å². The summed E-state index contributed by atoms with van der Waals surface area (Å²) in [6.45, 7) is 5.77. The number of carboxylic acid groups (broad SMARTS) is 1. The third-order valence-corrected chi connectivity index (χ3v) is 1.57. The van der Waals surface area contributed by atoms with Gasteiger partial charge in [-0.25, -0.2) is 0 Å². The molecule has 11 heavy (non-hydrogen) atoms. The maximum absolute atomic E-state index is 10.7. The van der Waals surface area contributed by atoms with Crippen molar-refractivity contribution >= 4 is 5.97 Å². The summed E-state index contributed by atoms with van der Waals surface area (Å²) < 4.78 is 0. The molecule has 3 nitrogen and oxygen atoms in total. The van der Waals surface area contributed by atoms with Gasteiger partial charge in [0.1, 0.15) is 6.04 Å². The molecule has 0 aliphatic heterocycles. The number of likely N-dealkylation sites (N-methyl/N-ethyl adjacent to an activating group) is 1. The van der Waals surface area contributed by atoms with Gasteiger partial charge in [0.2, 0.25) is 0 Å². The van der Waals surface area contributed by atoms with E-state index >= 15 is 0 Å². The van der Waals surface area contributed by atoms with Crippen molar-refractivity contribution < 1.29 is 9.90 Å². The van der Waals surface area contributed by atoms with E-state index in [1.807, 2.05) is 20.8 Å². The maximum Gasteiger partial charge on any atom is 0.321 e. The van der Waals surface area contributed by atoms with Crippen LogP contribution in [0.25, 0.3) is 0 Å². The Morgan fingerprint density at radius 1 is 1.36 bits per heavy atom. The third-order valence-electron chi connectivity index (χ3n) is 1.57. The van der Waals surface area contributed by atoms with Crippen LogP contribution in [-0.2, 0) is 4.79 Å². The molecule has 0 heterocycles. The molecule has 0 rings (SSSR count). The smallest absolute Gasteiger partial charge is 0.321 e. The zero-order chi connectivity index (χ0) is 9.23. The molecule has 66 valence electrons. The van der Waals surface area contributed by atoms with E-state index in [-0.39, 0.29) is 5.41 Å². The Morgan fingerprint density at radius 2 is 1.73 bits per heavy atom. The van der Waals surface area contributed by atoms with Crippen molar-refractivity contribution in [3.8, 4) is 0 Å². The number of rotatable bonds is 2. The van der Waals surface area contributed by atoms with E-state index in [2.05, 4.69) is 0 Å². The second kappa shape index (κ2) is 3.22. The van der Waals surface area contributed by atoms with E-state index in [1.54, 1.807) is 19.0 Å². The van der Waals surface area contributed by atoms with Gasteiger partial charge in [0, 0.05) is 0 Å². The topological polar surface area (TPSA) is 40.5 Å². The first-order chi connectivity index (χ1) is 4.76. The number of hydrogen-bond acceptors (Lipinski definition) is 2. The molecule has 0 fully saturated rings. The molecule has 0 aromatic heterocycles. The molecule has 0 saturated heterocycles. The Hall–Kier alpha value is -0.570. The highest BCUT2D eigenvalue weighted by Gasteiger charge is 2.32. The largest absolute Gasteiger partial charge is 0.480 e. The van der Waals surface area contributed by atoms with Crippen molar-refractivity contribution in [2.24, 2.45) is 5.41 Å². The molecule has 0 saturated carbocycles. The van der Waals surface area contributed by atoms with Crippen LogP contribution >= 0.6 is 0 Å². The van der Waals surface area contributed by atoms with E-state index in [0.29, 0.717) is 0 Å². The summed E-state index contributed by atoms with van der Waals surface area (Å²) in [5.74, 6) is -0.762. The van der Waals surface area contributed by atoms with Crippen LogP contribution in [0.3, 0.4) is 0 Å². The average Bonchev–Trinajstić information content (AvgIpc) is 1.54. The fourth-order valence-corrected chi connectivity index (χ4v) is 1.37. The van der Waals surface area contributed by atoms with Gasteiger partial charge in [-0.2, -0.15) is 0 Å². The van der Waals surface area contributed by atoms with Crippen LogP contribution in [0.15, 0.2) is 0 Å². The maximum atomic E-state index is 10.7. The molecule has 0 amide bonds. The highest BCUT2D eigenvalue weighted by Crippen LogP contribution is 2.22. The summed E-state index contributed by atoms with van der Waals surface area (Å²) in [5, 5.41) is 8.84. The quantitative estimate of drug-likeness (QED) is 0.654. The fourth-order valence-electron chi connectivity index (χ4n) is 1.37. The lowest BCUT2D eigenvalue weighted by molar-refractivity contribution is -0.146. The van der Waals surface area contributed by atoms with Crippen LogP contribution in [0.5, 0.6) is 0 Å². The standard InChI is InChI=1S/C8H17NO2/c1-8(2,3)6(7(10)11)9(4)5/h6H,1-5H3,(H,10,11)/t6-/m0/s1. The van der Waals surface area contributed by atoms with E-state index in [1.165, 1.54) is 0 Å². The molecule has 0 aliphatic carbocycles. The molecule has 0 unspecified atom stereocenters. The second-order valence-electron chi connectivity index (χ2n) is 4.07. The lowest BCUT2D eigenvalue weighted by Crippen LogP contribution is -2.45. The van der Waals surface area contributed by atoms with Crippen molar-refractivity contribution in [3.63, 3.8) is 0 Å². The van der Waals surface area contributed by atoms with Crippen molar-refractivity contribution in [1.29, 1.82) is 0 Å². The van der Waals surface area contributed by atoms with Gasteiger partial charge in [-0.05, 0) is 19.5 Å². The Labute approximate surface area is 68.0 Å². The highest BCUT2D eigenvalue weighted by atomic mass is 16.4. The van der Waals surface area contributed by atoms with Crippen molar-refractivity contribution in [3.05, 3.63) is 0 Å². The number of nitrogens with zero attached hydrogens (tertiary/aromatic N) is 1. The van der Waals surface area contributed by atoms with E-state index < -0.39 is 12.0 Å². The lowest BCUT2D eigenvalue weighted by Gasteiger charge is -2.32. The first-order valence-electron chi connectivity index (χ1n) is 3.66. The van der Waals surface area contributed by atoms with Crippen molar-refractivity contribution in [2.75, 3.05) is 14.1 Å². The fraction of sp³-hybridized carbons (Fsp3) is 0.875. The van der Waals surface area contributed by atoms with Gasteiger partial charge < -0.3 is 5.11 Å². The predicted molar refractivity (Wildman–Crippen MR) is 44.6 cm³/mol. The molecule has 0 spiro atoms. The monoisotopic (exact) mass is 159 g/mol. The van der Waals surface area contributed by atoms with E-state index in [9.17, 15) is 4.79 Å². The van der Waals surface area contributed by atoms with Gasteiger partial charge in [0.05, 0.1) is 0 Å². The number of carbonyl (C=O) groups is 1. The minimum atomic E-state index is -0.762. The first kappa shape index (κ1) is 10.4. The first-order valence-corrected chi connectivity index (χ1v) is 3.66. The Balaban J connectivity index is 4.49. The zero-order valence-electron chi connectivity index (χ0n) is 7.88. The van der Waals surface area contributed by atoms with Crippen molar-refractivity contribution in [1.82, 2.24) is 4.90 Å². The van der Waals surface area contributed by atoms with Crippen LogP contribution in [0.1, 0.15) is 20.8 Å².